The molecule has 1 heterocycles. The molecule has 0 saturated heterocycles. The van der Waals surface area contributed by atoms with Crippen LogP contribution in [0, 0.1) is 12.7 Å². The fraction of sp³-hybridized carbons (Fsp3) is 0.250. The predicted molar refractivity (Wildman–Crippen MR) is 98.2 cm³/mol. The number of para-hydroxylation sites is 1. The van der Waals surface area contributed by atoms with E-state index in [1.165, 1.54) is 12.1 Å². The lowest BCUT2D eigenvalue weighted by Gasteiger charge is -2.12. The summed E-state index contributed by atoms with van der Waals surface area (Å²) in [6.45, 7) is 4.60. The molecule has 0 fully saturated rings. The summed E-state index contributed by atoms with van der Waals surface area (Å²) in [5.74, 6) is 0.780. The van der Waals surface area contributed by atoms with Crippen molar-refractivity contribution in [3.8, 4) is 17.3 Å². The lowest BCUT2D eigenvalue weighted by Crippen LogP contribution is -2.24. The molecule has 0 unspecified atom stereocenters. The maximum atomic E-state index is 13.2. The normalized spacial score (nSPS) is 12.2. The van der Waals surface area contributed by atoms with Crippen molar-refractivity contribution in [2.75, 3.05) is 6.54 Å². The van der Waals surface area contributed by atoms with Crippen LogP contribution in [-0.4, -0.2) is 27.5 Å². The summed E-state index contributed by atoms with van der Waals surface area (Å²) in [6, 6.07) is 15.6. The number of halogens is 1. The molecule has 3 aromatic rings. The number of aliphatic hydroxyl groups excluding tert-OH is 1. The molecule has 0 saturated carbocycles. The topological polar surface area (TPSA) is 59.3 Å². The lowest BCUT2D eigenvalue weighted by molar-refractivity contribution is 0.191. The minimum atomic E-state index is -0.444. The molecule has 5 nitrogen and oxygen atoms in total. The molecule has 1 atom stereocenters. The Hall–Kier alpha value is -2.70. The van der Waals surface area contributed by atoms with E-state index in [0.29, 0.717) is 24.7 Å². The lowest BCUT2D eigenvalue weighted by atomic mass is 10.2. The fourth-order valence-electron chi connectivity index (χ4n) is 2.61. The Kier molecular flexibility index (Phi) is 5.65. The zero-order valence-corrected chi connectivity index (χ0v) is 14.8. The highest BCUT2D eigenvalue weighted by Gasteiger charge is 2.18. The first-order valence-corrected chi connectivity index (χ1v) is 8.50. The van der Waals surface area contributed by atoms with Crippen LogP contribution in [0.25, 0.3) is 5.69 Å². The number of hydrogen-bond donors (Lipinski definition) is 2. The van der Waals surface area contributed by atoms with Crippen LogP contribution in [0.2, 0.25) is 0 Å². The molecule has 0 aliphatic carbocycles. The second-order valence-electron chi connectivity index (χ2n) is 6.15. The molecule has 2 N–H and O–H groups in total. The van der Waals surface area contributed by atoms with E-state index in [1.807, 2.05) is 37.3 Å². The van der Waals surface area contributed by atoms with Crippen LogP contribution in [0.1, 0.15) is 18.2 Å². The van der Waals surface area contributed by atoms with Gasteiger partial charge in [-0.2, -0.15) is 5.10 Å². The average molecular weight is 355 g/mol. The number of benzene rings is 2. The van der Waals surface area contributed by atoms with E-state index in [2.05, 4.69) is 10.4 Å². The van der Waals surface area contributed by atoms with Crippen molar-refractivity contribution in [2.24, 2.45) is 0 Å². The zero-order valence-electron chi connectivity index (χ0n) is 14.8. The molecule has 136 valence electrons. The monoisotopic (exact) mass is 355 g/mol. The molecule has 0 aliphatic rings. The third kappa shape index (κ3) is 4.28. The van der Waals surface area contributed by atoms with Gasteiger partial charge in [-0.15, -0.1) is 0 Å². The molecule has 0 amide bonds. The highest BCUT2D eigenvalue weighted by molar-refractivity contribution is 5.43. The molecule has 6 heteroatoms. The highest BCUT2D eigenvalue weighted by atomic mass is 19.1. The fourth-order valence-corrected chi connectivity index (χ4v) is 2.61. The predicted octanol–water partition coefficient (Wildman–Crippen LogP) is 3.58. The largest absolute Gasteiger partial charge is 0.439 e. The van der Waals surface area contributed by atoms with Gasteiger partial charge in [0.15, 0.2) is 0 Å². The van der Waals surface area contributed by atoms with Gasteiger partial charge >= 0.3 is 0 Å². The Balaban J connectivity index is 1.97. The maximum Gasteiger partial charge on any atom is 0.227 e. The van der Waals surface area contributed by atoms with Crippen LogP contribution < -0.4 is 10.1 Å². The number of ether oxygens (including phenoxy) is 1. The molecule has 3 rings (SSSR count). The van der Waals surface area contributed by atoms with Crippen molar-refractivity contribution in [2.45, 2.75) is 26.5 Å². The average Bonchev–Trinajstić information content (AvgIpc) is 2.93. The van der Waals surface area contributed by atoms with E-state index in [-0.39, 0.29) is 5.82 Å². The molecular formula is C20H22FN3O2. The second kappa shape index (κ2) is 8.12. The van der Waals surface area contributed by atoms with E-state index >= 15 is 0 Å². The van der Waals surface area contributed by atoms with Crippen molar-refractivity contribution in [3.05, 3.63) is 71.7 Å². The molecule has 0 bridgehead atoms. The Morgan fingerprint density at radius 2 is 1.85 bits per heavy atom. The Morgan fingerprint density at radius 1 is 1.15 bits per heavy atom. The van der Waals surface area contributed by atoms with Gasteiger partial charge in [-0.05, 0) is 50.2 Å². The first-order chi connectivity index (χ1) is 12.5. The number of aromatic nitrogens is 2. The quantitative estimate of drug-likeness (QED) is 0.680. The van der Waals surface area contributed by atoms with E-state index in [4.69, 9.17) is 4.74 Å². The maximum absolute atomic E-state index is 13.2. The summed E-state index contributed by atoms with van der Waals surface area (Å²) in [5.41, 5.74) is 2.58. The third-order valence-electron chi connectivity index (χ3n) is 3.91. The van der Waals surface area contributed by atoms with Gasteiger partial charge in [0.2, 0.25) is 5.88 Å². The van der Waals surface area contributed by atoms with Gasteiger partial charge in [0.05, 0.1) is 23.0 Å². The van der Waals surface area contributed by atoms with Gasteiger partial charge in [0.1, 0.15) is 11.6 Å². The van der Waals surface area contributed by atoms with E-state index in [1.54, 1.807) is 23.7 Å². The smallest absolute Gasteiger partial charge is 0.227 e. The number of rotatable bonds is 7. The molecule has 1 aromatic heterocycles. The van der Waals surface area contributed by atoms with Crippen molar-refractivity contribution in [3.63, 3.8) is 0 Å². The Morgan fingerprint density at radius 3 is 2.50 bits per heavy atom. The summed E-state index contributed by atoms with van der Waals surface area (Å²) >= 11 is 0. The standard InChI is InChI=1S/C20H22FN3O2/c1-14(25)12-22-13-19-15(2)23-24(17-6-4-3-5-7-17)20(19)26-18-10-8-16(21)9-11-18/h3-11,14,22,25H,12-13H2,1-2H3/t14-/m1/s1. The van der Waals surface area contributed by atoms with Crippen LogP contribution in [0.4, 0.5) is 4.39 Å². The van der Waals surface area contributed by atoms with Crippen LogP contribution in [0.15, 0.2) is 54.6 Å². The Bertz CT molecular complexity index is 845. The van der Waals surface area contributed by atoms with E-state index in [0.717, 1.165) is 16.9 Å². The molecule has 2 aromatic carbocycles. The zero-order chi connectivity index (χ0) is 18.5. The molecule has 26 heavy (non-hydrogen) atoms. The number of aryl methyl sites for hydroxylation is 1. The van der Waals surface area contributed by atoms with Crippen LogP contribution in [0.5, 0.6) is 11.6 Å². The van der Waals surface area contributed by atoms with E-state index in [9.17, 15) is 9.50 Å². The number of nitrogens with zero attached hydrogens (tertiary/aromatic N) is 2. The summed E-state index contributed by atoms with van der Waals surface area (Å²) in [6.07, 6.45) is -0.444. The highest BCUT2D eigenvalue weighted by Crippen LogP contribution is 2.30. The minimum absolute atomic E-state index is 0.316. The summed E-state index contributed by atoms with van der Waals surface area (Å²) in [7, 11) is 0. The summed E-state index contributed by atoms with van der Waals surface area (Å²) < 4.78 is 21.0. The number of nitrogens with one attached hydrogen (secondary N) is 1. The minimum Gasteiger partial charge on any atom is -0.439 e. The van der Waals surface area contributed by atoms with Crippen molar-refractivity contribution in [1.82, 2.24) is 15.1 Å². The van der Waals surface area contributed by atoms with Crippen LogP contribution in [-0.2, 0) is 6.54 Å². The summed E-state index contributed by atoms with van der Waals surface area (Å²) in [4.78, 5) is 0. The van der Waals surface area contributed by atoms with Gasteiger partial charge in [0, 0.05) is 13.1 Å². The molecular weight excluding hydrogens is 333 g/mol. The first kappa shape index (κ1) is 18.1. The van der Waals surface area contributed by atoms with Crippen molar-refractivity contribution < 1.29 is 14.2 Å². The van der Waals surface area contributed by atoms with Gasteiger partial charge in [-0.3, -0.25) is 0 Å². The van der Waals surface area contributed by atoms with Gasteiger partial charge < -0.3 is 15.2 Å². The molecule has 0 radical (unpaired) electrons. The Labute approximate surface area is 152 Å². The molecule has 0 spiro atoms. The van der Waals surface area contributed by atoms with Crippen LogP contribution in [0.3, 0.4) is 0 Å². The van der Waals surface area contributed by atoms with Crippen molar-refractivity contribution >= 4 is 0 Å². The van der Waals surface area contributed by atoms with Gasteiger partial charge in [-0.25, -0.2) is 9.07 Å². The summed E-state index contributed by atoms with van der Waals surface area (Å²) in [5, 5.41) is 17.3. The third-order valence-corrected chi connectivity index (χ3v) is 3.91. The van der Waals surface area contributed by atoms with Crippen LogP contribution >= 0.6 is 0 Å². The van der Waals surface area contributed by atoms with Crippen molar-refractivity contribution in [1.29, 1.82) is 0 Å². The second-order valence-corrected chi connectivity index (χ2v) is 6.15. The SMILES string of the molecule is Cc1nn(-c2ccccc2)c(Oc2ccc(F)cc2)c1CNC[C@@H](C)O. The molecule has 0 aliphatic heterocycles. The first-order valence-electron chi connectivity index (χ1n) is 8.50. The van der Waals surface area contributed by atoms with Gasteiger partial charge in [0.25, 0.3) is 0 Å². The number of hydrogen-bond acceptors (Lipinski definition) is 4. The number of aliphatic hydroxyl groups is 1. The van der Waals surface area contributed by atoms with E-state index < -0.39 is 6.10 Å². The van der Waals surface area contributed by atoms with Gasteiger partial charge in [-0.1, -0.05) is 18.2 Å².